The Kier molecular flexibility index (Phi) is 2.98. The second kappa shape index (κ2) is 4.62. The van der Waals surface area contributed by atoms with Crippen molar-refractivity contribution in [3.63, 3.8) is 0 Å². The van der Waals surface area contributed by atoms with E-state index in [1.54, 1.807) is 0 Å². The summed E-state index contributed by atoms with van der Waals surface area (Å²) in [6, 6.07) is 12.9. The lowest BCUT2D eigenvalue weighted by Gasteiger charge is -2.22. The zero-order valence-corrected chi connectivity index (χ0v) is 16.2. The summed E-state index contributed by atoms with van der Waals surface area (Å²) in [7, 11) is -3.63. The SMILES string of the molecule is Cc1ccc(-n2nnc3cc4c(cc32)[Si](C)(C)O[Si]4(C)C)cc1. The van der Waals surface area contributed by atoms with Gasteiger partial charge < -0.3 is 4.12 Å². The molecule has 0 saturated heterocycles. The van der Waals surface area contributed by atoms with E-state index in [1.807, 2.05) is 4.68 Å². The number of fused-ring (bicyclic) bond motifs is 2. The molecule has 0 saturated carbocycles. The van der Waals surface area contributed by atoms with Gasteiger partial charge in [0.2, 0.25) is 16.6 Å². The third-order valence-corrected chi connectivity index (χ3v) is 12.4. The summed E-state index contributed by atoms with van der Waals surface area (Å²) in [5, 5.41) is 11.6. The van der Waals surface area contributed by atoms with Crippen molar-refractivity contribution in [3.05, 3.63) is 42.0 Å². The minimum Gasteiger partial charge on any atom is -0.449 e. The molecule has 1 aromatic heterocycles. The van der Waals surface area contributed by atoms with Gasteiger partial charge in [-0.1, -0.05) is 22.9 Å². The van der Waals surface area contributed by atoms with Gasteiger partial charge in [0.1, 0.15) is 5.52 Å². The van der Waals surface area contributed by atoms with Crippen molar-refractivity contribution in [2.75, 3.05) is 0 Å². The Morgan fingerprint density at radius 3 is 2.17 bits per heavy atom. The molecule has 3 aromatic rings. The van der Waals surface area contributed by atoms with Crippen LogP contribution in [-0.2, 0) is 4.12 Å². The molecule has 6 heteroatoms. The first-order valence-electron chi connectivity index (χ1n) is 7.96. The molecular weight excluding hydrogens is 318 g/mol. The summed E-state index contributed by atoms with van der Waals surface area (Å²) in [6.07, 6.45) is 0. The lowest BCUT2D eigenvalue weighted by molar-refractivity contribution is 0.583. The Morgan fingerprint density at radius 2 is 1.52 bits per heavy atom. The molecule has 23 heavy (non-hydrogen) atoms. The van der Waals surface area contributed by atoms with Crippen LogP contribution in [-0.4, -0.2) is 31.6 Å². The summed E-state index contributed by atoms with van der Waals surface area (Å²) < 4.78 is 8.47. The van der Waals surface area contributed by atoms with E-state index in [-0.39, 0.29) is 0 Å². The minimum absolute atomic E-state index is 0.959. The van der Waals surface area contributed by atoms with Crippen LogP contribution in [0.4, 0.5) is 0 Å². The number of benzene rings is 2. The van der Waals surface area contributed by atoms with Crippen LogP contribution in [0.3, 0.4) is 0 Å². The molecule has 2 aromatic carbocycles. The fourth-order valence-electron chi connectivity index (χ4n) is 3.59. The molecule has 0 unspecified atom stereocenters. The van der Waals surface area contributed by atoms with Crippen molar-refractivity contribution in [3.8, 4) is 5.69 Å². The van der Waals surface area contributed by atoms with Gasteiger partial charge in [-0.25, -0.2) is 4.68 Å². The van der Waals surface area contributed by atoms with Gasteiger partial charge in [0.15, 0.2) is 0 Å². The highest BCUT2D eigenvalue weighted by molar-refractivity contribution is 7.05. The number of aromatic nitrogens is 3. The first kappa shape index (κ1) is 14.8. The smallest absolute Gasteiger partial charge is 0.206 e. The van der Waals surface area contributed by atoms with Crippen molar-refractivity contribution < 1.29 is 4.12 Å². The zero-order chi connectivity index (χ0) is 16.4. The van der Waals surface area contributed by atoms with Crippen molar-refractivity contribution in [1.29, 1.82) is 0 Å². The molecule has 0 atom stereocenters. The Bertz CT molecular complexity index is 913. The van der Waals surface area contributed by atoms with Crippen LogP contribution in [0.15, 0.2) is 36.4 Å². The topological polar surface area (TPSA) is 39.9 Å². The Labute approximate surface area is 138 Å². The molecule has 4 rings (SSSR count). The van der Waals surface area contributed by atoms with Gasteiger partial charge in [-0.15, -0.1) is 5.10 Å². The second-order valence-electron chi connectivity index (χ2n) is 7.35. The van der Waals surface area contributed by atoms with E-state index >= 15 is 0 Å². The summed E-state index contributed by atoms with van der Waals surface area (Å²) in [5.74, 6) is 0. The maximum absolute atomic E-state index is 6.53. The Balaban J connectivity index is 1.96. The van der Waals surface area contributed by atoms with E-state index in [0.717, 1.165) is 16.7 Å². The zero-order valence-electron chi connectivity index (χ0n) is 14.2. The van der Waals surface area contributed by atoms with E-state index in [2.05, 4.69) is 79.8 Å². The highest BCUT2D eigenvalue weighted by Crippen LogP contribution is 2.25. The van der Waals surface area contributed by atoms with E-state index < -0.39 is 16.6 Å². The summed E-state index contributed by atoms with van der Waals surface area (Å²) >= 11 is 0. The molecule has 0 bridgehead atoms. The third kappa shape index (κ3) is 2.21. The van der Waals surface area contributed by atoms with Gasteiger partial charge in [-0.3, -0.25) is 0 Å². The standard InChI is InChI=1S/C17H21N3OSi2/c1-12-6-8-13(9-7-12)20-15-11-17-16(10-14(15)18-19-20)22(2,3)21-23(17,4)5/h6-11H,1-5H3. The van der Waals surface area contributed by atoms with Gasteiger partial charge in [0.25, 0.3) is 0 Å². The molecule has 4 nitrogen and oxygen atoms in total. The predicted octanol–water partition coefficient (Wildman–Crippen LogP) is 2.58. The van der Waals surface area contributed by atoms with Crippen LogP contribution in [0.2, 0.25) is 26.2 Å². The van der Waals surface area contributed by atoms with Crippen molar-refractivity contribution in [1.82, 2.24) is 15.0 Å². The minimum atomic E-state index is -1.83. The quantitative estimate of drug-likeness (QED) is 0.640. The van der Waals surface area contributed by atoms with E-state index in [9.17, 15) is 0 Å². The summed E-state index contributed by atoms with van der Waals surface area (Å²) in [6.45, 7) is 11.2. The van der Waals surface area contributed by atoms with E-state index in [0.29, 0.717) is 0 Å². The molecule has 0 spiro atoms. The van der Waals surface area contributed by atoms with Crippen LogP contribution >= 0.6 is 0 Å². The Morgan fingerprint density at radius 1 is 0.913 bits per heavy atom. The van der Waals surface area contributed by atoms with Crippen LogP contribution in [0.5, 0.6) is 0 Å². The van der Waals surface area contributed by atoms with Gasteiger partial charge in [-0.2, -0.15) is 0 Å². The second-order valence-corrected chi connectivity index (χ2v) is 15.3. The molecule has 0 amide bonds. The fourth-order valence-corrected chi connectivity index (χ4v) is 13.8. The Hall–Kier alpha value is -1.77. The largest absolute Gasteiger partial charge is 0.449 e. The summed E-state index contributed by atoms with van der Waals surface area (Å²) in [4.78, 5) is 0. The molecule has 0 N–H and O–H groups in total. The van der Waals surface area contributed by atoms with Gasteiger partial charge in [0, 0.05) is 0 Å². The van der Waals surface area contributed by atoms with Crippen LogP contribution in [0.1, 0.15) is 5.56 Å². The third-order valence-electron chi connectivity index (χ3n) is 4.67. The van der Waals surface area contributed by atoms with Gasteiger partial charge >= 0.3 is 0 Å². The number of hydrogen-bond donors (Lipinski definition) is 0. The molecule has 1 aliphatic rings. The molecule has 118 valence electrons. The van der Waals surface area contributed by atoms with Crippen LogP contribution < -0.4 is 10.4 Å². The molecule has 0 aliphatic carbocycles. The number of aryl methyl sites for hydroxylation is 1. The number of nitrogens with zero attached hydrogens (tertiary/aromatic N) is 3. The number of rotatable bonds is 1. The highest BCUT2D eigenvalue weighted by Gasteiger charge is 2.46. The van der Waals surface area contributed by atoms with Crippen LogP contribution in [0.25, 0.3) is 16.7 Å². The molecule has 0 fully saturated rings. The lowest BCUT2D eigenvalue weighted by atomic mass is 10.2. The lowest BCUT2D eigenvalue weighted by Crippen LogP contribution is -2.44. The first-order chi connectivity index (χ1) is 10.8. The van der Waals surface area contributed by atoms with Crippen LogP contribution in [0, 0.1) is 6.92 Å². The first-order valence-corrected chi connectivity index (χ1v) is 13.8. The van der Waals surface area contributed by atoms with Crippen molar-refractivity contribution in [2.45, 2.75) is 33.1 Å². The van der Waals surface area contributed by atoms with E-state index in [4.69, 9.17) is 4.12 Å². The maximum atomic E-state index is 6.53. The van der Waals surface area contributed by atoms with Gasteiger partial charge in [-0.05, 0) is 67.8 Å². The van der Waals surface area contributed by atoms with E-state index in [1.165, 1.54) is 15.9 Å². The maximum Gasteiger partial charge on any atom is 0.206 e. The fraction of sp³-hybridized carbons (Fsp3) is 0.294. The average Bonchev–Trinajstić information content (AvgIpc) is 2.95. The normalized spacial score (nSPS) is 18.3. The highest BCUT2D eigenvalue weighted by atomic mass is 28.4. The molecule has 0 radical (unpaired) electrons. The predicted molar refractivity (Wildman–Crippen MR) is 98.9 cm³/mol. The summed E-state index contributed by atoms with van der Waals surface area (Å²) in [5.41, 5.74) is 4.32. The van der Waals surface area contributed by atoms with Crippen molar-refractivity contribution in [2.24, 2.45) is 0 Å². The van der Waals surface area contributed by atoms with Gasteiger partial charge in [0.05, 0.1) is 11.2 Å². The molecule has 2 heterocycles. The number of hydrogen-bond acceptors (Lipinski definition) is 3. The molecule has 1 aliphatic heterocycles. The average molecular weight is 340 g/mol. The monoisotopic (exact) mass is 339 g/mol. The molecular formula is C17H21N3OSi2. The van der Waals surface area contributed by atoms with Crippen molar-refractivity contribution >= 4 is 38.0 Å².